The van der Waals surface area contributed by atoms with Crippen molar-refractivity contribution in [3.63, 3.8) is 0 Å². The lowest BCUT2D eigenvalue weighted by Crippen LogP contribution is -2.43. The van der Waals surface area contributed by atoms with E-state index in [9.17, 15) is 9.59 Å². The van der Waals surface area contributed by atoms with E-state index in [1.54, 1.807) is 4.57 Å². The predicted octanol–water partition coefficient (Wildman–Crippen LogP) is 2.52. The summed E-state index contributed by atoms with van der Waals surface area (Å²) in [7, 11) is 0. The van der Waals surface area contributed by atoms with Gasteiger partial charge in [0.05, 0.1) is 0 Å². The smallest absolute Gasteiger partial charge is 0.307 e. The average molecular weight is 329 g/mol. The first-order valence-electron chi connectivity index (χ1n) is 7.46. The zero-order valence-electron chi connectivity index (χ0n) is 13.2. The van der Waals surface area contributed by atoms with Crippen molar-refractivity contribution in [2.75, 3.05) is 18.8 Å². The molecule has 0 aliphatic carbocycles. The maximum Gasteiger partial charge on any atom is 0.307 e. The molecule has 21 heavy (non-hydrogen) atoms. The molecule has 118 valence electrons. The summed E-state index contributed by atoms with van der Waals surface area (Å²) in [6, 6.07) is 0. The molecule has 1 fully saturated rings. The van der Waals surface area contributed by atoms with Crippen LogP contribution in [0.25, 0.3) is 0 Å². The normalized spacial score (nSPS) is 19.3. The number of amides is 1. The molecule has 1 unspecified atom stereocenters. The molecule has 0 saturated carbocycles. The first kappa shape index (κ1) is 16.6. The topological polar surface area (TPSA) is 42.3 Å². The second-order valence-electron chi connectivity index (χ2n) is 5.90. The Bertz CT molecular complexity index is 563. The quantitative estimate of drug-likeness (QED) is 0.853. The monoisotopic (exact) mass is 328 g/mol. The highest BCUT2D eigenvalue weighted by Gasteiger charge is 2.25. The van der Waals surface area contributed by atoms with Crippen LogP contribution in [0.2, 0.25) is 0 Å². The van der Waals surface area contributed by atoms with Gasteiger partial charge in [-0.05, 0) is 19.8 Å². The van der Waals surface area contributed by atoms with Crippen molar-refractivity contribution in [2.24, 2.45) is 5.92 Å². The van der Waals surface area contributed by atoms with E-state index >= 15 is 0 Å². The van der Waals surface area contributed by atoms with Crippen LogP contribution >= 0.6 is 23.1 Å². The number of nitrogens with zero attached hydrogens (tertiary/aromatic N) is 2. The molecule has 6 heteroatoms. The van der Waals surface area contributed by atoms with Crippen LogP contribution in [0.5, 0.6) is 0 Å². The van der Waals surface area contributed by atoms with Crippen LogP contribution in [0.4, 0.5) is 0 Å². The summed E-state index contributed by atoms with van der Waals surface area (Å²) in [5.41, 5.74) is 0.993. The van der Waals surface area contributed by atoms with Gasteiger partial charge in [0.15, 0.2) is 0 Å². The fourth-order valence-electron chi connectivity index (χ4n) is 2.52. The van der Waals surface area contributed by atoms with Crippen LogP contribution in [-0.4, -0.2) is 39.5 Å². The molecule has 0 bridgehead atoms. The third-order valence-corrected chi connectivity index (χ3v) is 6.65. The molecule has 1 saturated heterocycles. The van der Waals surface area contributed by atoms with Crippen molar-refractivity contribution in [3.8, 4) is 0 Å². The predicted molar refractivity (Wildman–Crippen MR) is 90.3 cm³/mol. The van der Waals surface area contributed by atoms with Crippen LogP contribution in [0.15, 0.2) is 4.79 Å². The van der Waals surface area contributed by atoms with E-state index < -0.39 is 0 Å². The van der Waals surface area contributed by atoms with Gasteiger partial charge in [-0.1, -0.05) is 25.2 Å². The Morgan fingerprint density at radius 3 is 2.67 bits per heavy atom. The second-order valence-corrected chi connectivity index (χ2v) is 8.42. The van der Waals surface area contributed by atoms with Crippen molar-refractivity contribution in [3.05, 3.63) is 20.2 Å². The summed E-state index contributed by atoms with van der Waals surface area (Å²) in [6.07, 6.45) is 0.423. The van der Waals surface area contributed by atoms with E-state index in [-0.39, 0.29) is 10.8 Å². The standard InChI is InChI=1S/C15H24N2O2S2/c1-10(2)13-9-16(7-8-20-13)14(18)5-6-17-11(3)12(4)21-15(17)19/h10,13H,5-9H2,1-4H3. The van der Waals surface area contributed by atoms with Crippen LogP contribution < -0.4 is 4.87 Å². The Hall–Kier alpha value is -0.750. The zero-order chi connectivity index (χ0) is 15.6. The second kappa shape index (κ2) is 7.01. The van der Waals surface area contributed by atoms with Crippen LogP contribution in [-0.2, 0) is 11.3 Å². The van der Waals surface area contributed by atoms with Gasteiger partial charge in [0.25, 0.3) is 0 Å². The zero-order valence-corrected chi connectivity index (χ0v) is 14.9. The molecule has 0 N–H and O–H groups in total. The van der Waals surface area contributed by atoms with E-state index in [0.717, 1.165) is 29.4 Å². The highest BCUT2D eigenvalue weighted by atomic mass is 32.2. The summed E-state index contributed by atoms with van der Waals surface area (Å²) < 4.78 is 1.73. The lowest BCUT2D eigenvalue weighted by atomic mass is 10.1. The number of aromatic nitrogens is 1. The molecule has 1 amide bonds. The molecule has 1 aromatic rings. The van der Waals surface area contributed by atoms with Gasteiger partial charge < -0.3 is 9.47 Å². The molecule has 1 atom stereocenters. The van der Waals surface area contributed by atoms with E-state index in [2.05, 4.69) is 13.8 Å². The minimum Gasteiger partial charge on any atom is -0.341 e. The fourth-order valence-corrected chi connectivity index (χ4v) is 4.67. The van der Waals surface area contributed by atoms with E-state index in [1.807, 2.05) is 30.5 Å². The third kappa shape index (κ3) is 3.92. The van der Waals surface area contributed by atoms with E-state index in [0.29, 0.717) is 24.1 Å². The maximum absolute atomic E-state index is 12.4. The molecule has 1 aromatic heterocycles. The van der Waals surface area contributed by atoms with Crippen molar-refractivity contribution in [1.82, 2.24) is 9.47 Å². The first-order valence-corrected chi connectivity index (χ1v) is 9.33. The van der Waals surface area contributed by atoms with E-state index in [1.165, 1.54) is 11.3 Å². The molecule has 2 rings (SSSR count). The molecule has 2 heterocycles. The van der Waals surface area contributed by atoms with Crippen LogP contribution in [0, 0.1) is 19.8 Å². The van der Waals surface area contributed by atoms with Gasteiger partial charge in [-0.25, -0.2) is 0 Å². The van der Waals surface area contributed by atoms with Crippen molar-refractivity contribution in [1.29, 1.82) is 0 Å². The first-order chi connectivity index (χ1) is 9.90. The highest BCUT2D eigenvalue weighted by molar-refractivity contribution is 8.00. The van der Waals surface area contributed by atoms with Gasteiger partial charge in [0, 0.05) is 47.6 Å². The van der Waals surface area contributed by atoms with Gasteiger partial charge in [-0.15, -0.1) is 0 Å². The van der Waals surface area contributed by atoms with Gasteiger partial charge >= 0.3 is 4.87 Å². The third-order valence-electron chi connectivity index (χ3n) is 4.11. The Labute approximate surface area is 134 Å². The van der Waals surface area contributed by atoms with Gasteiger partial charge in [-0.2, -0.15) is 11.8 Å². The molecule has 1 aliphatic heterocycles. The molecule has 0 spiro atoms. The lowest BCUT2D eigenvalue weighted by molar-refractivity contribution is -0.131. The van der Waals surface area contributed by atoms with Gasteiger partial charge in [0.1, 0.15) is 0 Å². The van der Waals surface area contributed by atoms with Crippen molar-refractivity contribution < 1.29 is 4.79 Å². The largest absolute Gasteiger partial charge is 0.341 e. The Kier molecular flexibility index (Phi) is 5.54. The minimum absolute atomic E-state index is 0.0482. The number of carbonyl (C=O) groups excluding carboxylic acids is 1. The summed E-state index contributed by atoms with van der Waals surface area (Å²) in [4.78, 5) is 27.3. The molecule has 4 nitrogen and oxygen atoms in total. The Morgan fingerprint density at radius 2 is 2.10 bits per heavy atom. The number of hydrogen-bond acceptors (Lipinski definition) is 4. The van der Waals surface area contributed by atoms with Gasteiger partial charge in [-0.3, -0.25) is 9.59 Å². The summed E-state index contributed by atoms with van der Waals surface area (Å²) in [6.45, 7) is 10.5. The number of hydrogen-bond donors (Lipinski definition) is 0. The van der Waals surface area contributed by atoms with E-state index in [4.69, 9.17) is 0 Å². The Balaban J connectivity index is 1.94. The maximum atomic E-state index is 12.4. The molecule has 0 radical (unpaired) electrons. The van der Waals surface area contributed by atoms with Gasteiger partial charge in [0.2, 0.25) is 5.91 Å². The molecular weight excluding hydrogens is 304 g/mol. The lowest BCUT2D eigenvalue weighted by Gasteiger charge is -2.34. The Morgan fingerprint density at radius 1 is 1.38 bits per heavy atom. The number of rotatable bonds is 4. The number of thiazole rings is 1. The summed E-state index contributed by atoms with van der Waals surface area (Å²) in [5, 5.41) is 0.538. The van der Waals surface area contributed by atoms with Crippen molar-refractivity contribution in [2.45, 2.75) is 45.9 Å². The minimum atomic E-state index is 0.0482. The number of carbonyl (C=O) groups is 1. The molecule has 1 aliphatic rings. The molecule has 0 aromatic carbocycles. The SMILES string of the molecule is Cc1sc(=O)n(CCC(=O)N2CCSC(C(C)C)C2)c1C. The van der Waals surface area contributed by atoms with Crippen LogP contribution in [0.1, 0.15) is 30.8 Å². The number of thioether (sulfide) groups is 1. The summed E-state index contributed by atoms with van der Waals surface area (Å²) in [5.74, 6) is 1.79. The molecular formula is C15H24N2O2S2. The summed E-state index contributed by atoms with van der Waals surface area (Å²) >= 11 is 3.23. The average Bonchev–Trinajstić information content (AvgIpc) is 2.70. The highest BCUT2D eigenvalue weighted by Crippen LogP contribution is 2.25. The van der Waals surface area contributed by atoms with Crippen LogP contribution in [0.3, 0.4) is 0 Å². The fraction of sp³-hybridized carbons (Fsp3) is 0.733. The van der Waals surface area contributed by atoms with Crippen molar-refractivity contribution >= 4 is 29.0 Å². The number of aryl methyl sites for hydroxylation is 1.